The van der Waals surface area contributed by atoms with Crippen LogP contribution in [0.2, 0.25) is 0 Å². The number of nitrogens with one attached hydrogen (secondary N) is 1. The van der Waals surface area contributed by atoms with Gasteiger partial charge < -0.3 is 11.1 Å². The molecule has 1 atom stereocenters. The maximum absolute atomic E-state index is 11.8. The molecule has 0 aliphatic carbocycles. The van der Waals surface area contributed by atoms with E-state index in [2.05, 4.69) is 10.4 Å². The third-order valence-corrected chi connectivity index (χ3v) is 2.71. The van der Waals surface area contributed by atoms with E-state index in [0.29, 0.717) is 6.54 Å². The average Bonchev–Trinajstić information content (AvgIpc) is 2.92. The van der Waals surface area contributed by atoms with Gasteiger partial charge in [0.2, 0.25) is 5.91 Å². The number of nitrogens with two attached hydrogens (primary N) is 1. The molecule has 0 saturated heterocycles. The summed E-state index contributed by atoms with van der Waals surface area (Å²) in [6.45, 7) is 2.13. The minimum Gasteiger partial charge on any atom is -0.330 e. The van der Waals surface area contributed by atoms with Crippen molar-refractivity contribution in [2.45, 2.75) is 6.92 Å². The number of amides is 1. The van der Waals surface area contributed by atoms with E-state index < -0.39 is 0 Å². The quantitative estimate of drug-likeness (QED) is 0.854. The summed E-state index contributed by atoms with van der Waals surface area (Å²) in [5, 5.41) is 7.03. The standard InChI is InChI=1S/C13H16N4O/c1-10(9-14)13(18)16-11-5-2-3-6-12(11)17-8-4-7-15-17/h2-8,10H,9,14H2,1H3,(H,16,18). The summed E-state index contributed by atoms with van der Waals surface area (Å²) in [5.41, 5.74) is 7.04. The first kappa shape index (κ1) is 12.3. The van der Waals surface area contributed by atoms with Gasteiger partial charge in [-0.15, -0.1) is 0 Å². The molecular formula is C13H16N4O. The van der Waals surface area contributed by atoms with Crippen LogP contribution in [0.5, 0.6) is 0 Å². The first-order valence-corrected chi connectivity index (χ1v) is 5.82. The minimum absolute atomic E-state index is 0.0860. The molecule has 18 heavy (non-hydrogen) atoms. The normalized spacial score (nSPS) is 12.1. The van der Waals surface area contributed by atoms with Gasteiger partial charge in [-0.3, -0.25) is 4.79 Å². The highest BCUT2D eigenvalue weighted by Crippen LogP contribution is 2.19. The lowest BCUT2D eigenvalue weighted by Gasteiger charge is -2.13. The van der Waals surface area contributed by atoms with Crippen LogP contribution in [-0.2, 0) is 4.79 Å². The monoisotopic (exact) mass is 244 g/mol. The van der Waals surface area contributed by atoms with Gasteiger partial charge in [-0.1, -0.05) is 19.1 Å². The van der Waals surface area contributed by atoms with Crippen molar-refractivity contribution < 1.29 is 4.79 Å². The highest BCUT2D eigenvalue weighted by Gasteiger charge is 2.13. The molecule has 0 bridgehead atoms. The lowest BCUT2D eigenvalue weighted by Crippen LogP contribution is -2.27. The lowest BCUT2D eigenvalue weighted by molar-refractivity contribution is -0.119. The number of para-hydroxylation sites is 2. The molecule has 0 spiro atoms. The van der Waals surface area contributed by atoms with E-state index in [9.17, 15) is 4.79 Å². The van der Waals surface area contributed by atoms with Gasteiger partial charge >= 0.3 is 0 Å². The lowest BCUT2D eigenvalue weighted by atomic mass is 10.1. The second-order valence-electron chi connectivity index (χ2n) is 4.09. The number of carbonyl (C=O) groups excluding carboxylic acids is 1. The summed E-state index contributed by atoms with van der Waals surface area (Å²) in [6, 6.07) is 9.35. The average molecular weight is 244 g/mol. The number of hydrogen-bond acceptors (Lipinski definition) is 3. The molecule has 0 radical (unpaired) electrons. The first-order chi connectivity index (χ1) is 8.72. The maximum Gasteiger partial charge on any atom is 0.228 e. The van der Waals surface area contributed by atoms with Crippen molar-refractivity contribution in [2.24, 2.45) is 11.7 Å². The SMILES string of the molecule is CC(CN)C(=O)Nc1ccccc1-n1cccn1. The maximum atomic E-state index is 11.8. The zero-order valence-corrected chi connectivity index (χ0v) is 10.2. The highest BCUT2D eigenvalue weighted by molar-refractivity contribution is 5.94. The molecule has 5 heteroatoms. The fraction of sp³-hybridized carbons (Fsp3) is 0.231. The number of aromatic nitrogens is 2. The Bertz CT molecular complexity index is 522. The molecule has 5 nitrogen and oxygen atoms in total. The Balaban J connectivity index is 2.26. The van der Waals surface area contributed by atoms with E-state index in [0.717, 1.165) is 11.4 Å². The molecule has 1 aromatic carbocycles. The van der Waals surface area contributed by atoms with Gasteiger partial charge in [-0.2, -0.15) is 5.10 Å². The number of carbonyl (C=O) groups is 1. The molecule has 1 heterocycles. The van der Waals surface area contributed by atoms with Crippen molar-refractivity contribution in [1.82, 2.24) is 9.78 Å². The molecule has 94 valence electrons. The van der Waals surface area contributed by atoms with E-state index in [-0.39, 0.29) is 11.8 Å². The largest absolute Gasteiger partial charge is 0.330 e. The summed E-state index contributed by atoms with van der Waals surface area (Å²) < 4.78 is 1.71. The fourth-order valence-corrected chi connectivity index (χ4v) is 1.55. The van der Waals surface area contributed by atoms with Gasteiger partial charge in [0.25, 0.3) is 0 Å². The van der Waals surface area contributed by atoms with Crippen molar-refractivity contribution in [3.63, 3.8) is 0 Å². The van der Waals surface area contributed by atoms with Gasteiger partial charge in [0.1, 0.15) is 0 Å². The molecule has 1 aromatic heterocycles. The molecule has 0 fully saturated rings. The van der Waals surface area contributed by atoms with Crippen molar-refractivity contribution >= 4 is 11.6 Å². The topological polar surface area (TPSA) is 72.9 Å². The molecule has 3 N–H and O–H groups in total. The number of benzene rings is 1. The van der Waals surface area contributed by atoms with Crippen LogP contribution in [0, 0.1) is 5.92 Å². The molecule has 2 aromatic rings. The minimum atomic E-state index is -0.212. The summed E-state index contributed by atoms with van der Waals surface area (Å²) in [5.74, 6) is -0.298. The Labute approximate surface area is 106 Å². The van der Waals surface area contributed by atoms with Gasteiger partial charge in [0, 0.05) is 24.9 Å². The Kier molecular flexibility index (Phi) is 3.74. The van der Waals surface area contributed by atoms with E-state index in [1.807, 2.05) is 36.5 Å². The fourth-order valence-electron chi connectivity index (χ4n) is 1.55. The van der Waals surface area contributed by atoms with Gasteiger partial charge in [-0.05, 0) is 18.2 Å². The van der Waals surface area contributed by atoms with Crippen LogP contribution in [0.15, 0.2) is 42.7 Å². The van der Waals surface area contributed by atoms with Crippen LogP contribution >= 0.6 is 0 Å². The Morgan fingerprint density at radius 2 is 2.22 bits per heavy atom. The first-order valence-electron chi connectivity index (χ1n) is 5.82. The van der Waals surface area contributed by atoms with Gasteiger partial charge in [-0.25, -0.2) is 4.68 Å². The predicted molar refractivity (Wildman–Crippen MR) is 70.4 cm³/mol. The van der Waals surface area contributed by atoms with E-state index in [1.165, 1.54) is 0 Å². The molecule has 1 amide bonds. The smallest absolute Gasteiger partial charge is 0.228 e. The van der Waals surface area contributed by atoms with Crippen LogP contribution in [0.3, 0.4) is 0 Å². The summed E-state index contributed by atoms with van der Waals surface area (Å²) in [4.78, 5) is 11.8. The van der Waals surface area contributed by atoms with E-state index in [4.69, 9.17) is 5.73 Å². The summed E-state index contributed by atoms with van der Waals surface area (Å²) in [7, 11) is 0. The molecule has 0 saturated carbocycles. The number of nitrogens with zero attached hydrogens (tertiary/aromatic N) is 2. The third-order valence-electron chi connectivity index (χ3n) is 2.71. The highest BCUT2D eigenvalue weighted by atomic mass is 16.1. The van der Waals surface area contributed by atoms with E-state index >= 15 is 0 Å². The van der Waals surface area contributed by atoms with Crippen molar-refractivity contribution in [3.8, 4) is 5.69 Å². The number of hydrogen-bond donors (Lipinski definition) is 2. The van der Waals surface area contributed by atoms with Gasteiger partial charge in [0.15, 0.2) is 0 Å². The summed E-state index contributed by atoms with van der Waals surface area (Å²) in [6.07, 6.45) is 3.53. The van der Waals surface area contributed by atoms with Crippen LogP contribution < -0.4 is 11.1 Å². The van der Waals surface area contributed by atoms with Crippen LogP contribution in [0.25, 0.3) is 5.69 Å². The Hall–Kier alpha value is -2.14. The predicted octanol–water partition coefficient (Wildman–Crippen LogP) is 1.41. The molecule has 1 unspecified atom stereocenters. The van der Waals surface area contributed by atoms with Crippen molar-refractivity contribution in [1.29, 1.82) is 0 Å². The van der Waals surface area contributed by atoms with Crippen LogP contribution in [-0.4, -0.2) is 22.2 Å². The zero-order valence-electron chi connectivity index (χ0n) is 10.2. The molecular weight excluding hydrogens is 228 g/mol. The molecule has 0 aliphatic heterocycles. The molecule has 2 rings (SSSR count). The second kappa shape index (κ2) is 5.46. The Morgan fingerprint density at radius 3 is 2.89 bits per heavy atom. The van der Waals surface area contributed by atoms with Crippen LogP contribution in [0.1, 0.15) is 6.92 Å². The number of anilines is 1. The third kappa shape index (κ3) is 2.57. The van der Waals surface area contributed by atoms with Crippen LogP contribution in [0.4, 0.5) is 5.69 Å². The zero-order chi connectivity index (χ0) is 13.0. The van der Waals surface area contributed by atoms with Crippen molar-refractivity contribution in [3.05, 3.63) is 42.7 Å². The Morgan fingerprint density at radius 1 is 1.44 bits per heavy atom. The van der Waals surface area contributed by atoms with Gasteiger partial charge in [0.05, 0.1) is 11.4 Å². The van der Waals surface area contributed by atoms with Crippen molar-refractivity contribution in [2.75, 3.05) is 11.9 Å². The molecule has 0 aliphatic rings. The summed E-state index contributed by atoms with van der Waals surface area (Å²) >= 11 is 0. The second-order valence-corrected chi connectivity index (χ2v) is 4.09. The number of rotatable bonds is 4. The van der Waals surface area contributed by atoms with E-state index in [1.54, 1.807) is 17.8 Å².